The third-order valence-corrected chi connectivity index (χ3v) is 2.75. The van der Waals surface area contributed by atoms with E-state index in [2.05, 4.69) is 11.6 Å². The van der Waals surface area contributed by atoms with E-state index in [1.165, 1.54) is 51.4 Å². The van der Waals surface area contributed by atoms with Gasteiger partial charge in [0.2, 0.25) is 0 Å². The molecule has 0 saturated heterocycles. The number of unbranched alkanes of at least 4 members (excludes halogenated alkanes) is 9. The third-order valence-electron chi connectivity index (χ3n) is 2.75. The first-order valence-corrected chi connectivity index (χ1v) is 6.70. The molecule has 0 aromatic heterocycles. The molecule has 3 nitrogen and oxygen atoms in total. The minimum absolute atomic E-state index is 0. The van der Waals surface area contributed by atoms with Crippen LogP contribution in [-0.2, 0) is 4.65 Å². The molecule has 0 heterocycles. The van der Waals surface area contributed by atoms with E-state index in [-0.39, 0.29) is 59.1 Å². The molecule has 0 N–H and O–H groups in total. The van der Waals surface area contributed by atoms with Crippen LogP contribution in [0.15, 0.2) is 0 Å². The van der Waals surface area contributed by atoms with Crippen molar-refractivity contribution in [1.82, 2.24) is 0 Å². The van der Waals surface area contributed by atoms with E-state index in [1.807, 2.05) is 0 Å². The van der Waals surface area contributed by atoms with Crippen LogP contribution in [0, 0.1) is 0 Å². The van der Waals surface area contributed by atoms with Crippen molar-refractivity contribution in [2.45, 2.75) is 71.1 Å². The molecule has 0 saturated carbocycles. The van der Waals surface area contributed by atoms with Crippen LogP contribution in [-0.4, -0.2) is 13.9 Å². The van der Waals surface area contributed by atoms with E-state index in [4.69, 9.17) is 0 Å². The minimum atomic E-state index is -2.10. The van der Waals surface area contributed by atoms with Gasteiger partial charge in [-0.15, -0.1) is 0 Å². The van der Waals surface area contributed by atoms with Crippen molar-refractivity contribution >= 4 is 7.32 Å². The van der Waals surface area contributed by atoms with Gasteiger partial charge in [0, 0.05) is 6.61 Å². The summed E-state index contributed by atoms with van der Waals surface area (Å²) in [6.07, 6.45) is 12.4. The van der Waals surface area contributed by atoms with Gasteiger partial charge in [-0.3, -0.25) is 0 Å². The van der Waals surface area contributed by atoms with Crippen LogP contribution in [0.3, 0.4) is 0 Å². The Hall–Kier alpha value is 1.94. The van der Waals surface area contributed by atoms with E-state index < -0.39 is 7.32 Å². The fourth-order valence-electron chi connectivity index (χ4n) is 1.77. The molecule has 96 valence electrons. The van der Waals surface area contributed by atoms with E-state index >= 15 is 0 Å². The summed E-state index contributed by atoms with van der Waals surface area (Å²) in [5, 5.41) is 20.0. The molecule has 0 aromatic rings. The summed E-state index contributed by atoms with van der Waals surface area (Å²) in [5.74, 6) is 0. The Morgan fingerprint density at radius 3 is 1.50 bits per heavy atom. The Morgan fingerprint density at radius 1 is 0.722 bits per heavy atom. The first-order chi connectivity index (χ1) is 7.77. The van der Waals surface area contributed by atoms with Crippen molar-refractivity contribution in [3.8, 4) is 0 Å². The van der Waals surface area contributed by atoms with Gasteiger partial charge in [-0.05, 0) is 6.42 Å². The molecule has 0 aliphatic heterocycles. The molecule has 0 amide bonds. The Bertz CT molecular complexity index is 140. The van der Waals surface area contributed by atoms with Crippen molar-refractivity contribution in [2.75, 3.05) is 6.61 Å². The maximum Gasteiger partial charge on any atom is 1.00 e. The predicted molar refractivity (Wildman–Crippen MR) is 63.6 cm³/mol. The first kappa shape index (κ1) is 24.9. The van der Waals surface area contributed by atoms with Crippen LogP contribution < -0.4 is 69.2 Å². The Balaban J connectivity index is -0.00000112. The average molecular weight is 274 g/mol. The van der Waals surface area contributed by atoms with E-state index in [1.54, 1.807) is 0 Å². The molecule has 0 unspecified atom stereocenters. The molecule has 0 atom stereocenters. The zero-order valence-corrected chi connectivity index (χ0v) is 16.6. The standard InChI is InChI=1S/C12H25BO3.2Na/c1-2-3-4-5-6-7-8-9-10-11-12-16-13(14)15;;/h2-12H2,1H3;;/q-2;2*+1. The van der Waals surface area contributed by atoms with Crippen LogP contribution >= 0.6 is 0 Å². The molecule has 0 spiro atoms. The largest absolute Gasteiger partial charge is 1.00 e. The Labute approximate surface area is 157 Å². The van der Waals surface area contributed by atoms with E-state index in [0.29, 0.717) is 6.61 Å². The van der Waals surface area contributed by atoms with Crippen LogP contribution in [0.5, 0.6) is 0 Å². The van der Waals surface area contributed by atoms with Crippen molar-refractivity contribution in [3.63, 3.8) is 0 Å². The maximum absolute atomic E-state index is 10.0. The van der Waals surface area contributed by atoms with Crippen LogP contribution in [0.4, 0.5) is 0 Å². The van der Waals surface area contributed by atoms with E-state index in [0.717, 1.165) is 12.8 Å². The maximum atomic E-state index is 10.0. The first-order valence-electron chi connectivity index (χ1n) is 6.70. The molecule has 0 bridgehead atoms. The van der Waals surface area contributed by atoms with E-state index in [9.17, 15) is 10.0 Å². The van der Waals surface area contributed by atoms with Gasteiger partial charge in [0.1, 0.15) is 0 Å². The van der Waals surface area contributed by atoms with Crippen LogP contribution in [0.25, 0.3) is 0 Å². The Kier molecular flexibility index (Phi) is 29.4. The van der Waals surface area contributed by atoms with Crippen molar-refractivity contribution in [1.29, 1.82) is 0 Å². The molecular formula is C12H25BNa2O3. The molecule has 0 fully saturated rings. The average Bonchev–Trinajstić information content (AvgIpc) is 2.25. The second kappa shape index (κ2) is 21.2. The molecule has 18 heavy (non-hydrogen) atoms. The summed E-state index contributed by atoms with van der Waals surface area (Å²) in [4.78, 5) is 0. The summed E-state index contributed by atoms with van der Waals surface area (Å²) in [6.45, 7) is 2.56. The van der Waals surface area contributed by atoms with Crippen molar-refractivity contribution in [2.24, 2.45) is 0 Å². The zero-order chi connectivity index (χ0) is 12.1. The SMILES string of the molecule is CCCCCCCCCCCCOB([O-])[O-].[Na+].[Na+]. The number of hydrogen-bond donors (Lipinski definition) is 0. The van der Waals surface area contributed by atoms with Gasteiger partial charge in [-0.25, -0.2) is 0 Å². The molecule has 0 aliphatic rings. The molecule has 0 aromatic carbocycles. The Morgan fingerprint density at radius 2 is 1.11 bits per heavy atom. The van der Waals surface area contributed by atoms with Gasteiger partial charge < -0.3 is 14.7 Å². The van der Waals surface area contributed by atoms with Crippen LogP contribution in [0.1, 0.15) is 71.1 Å². The number of rotatable bonds is 12. The topological polar surface area (TPSA) is 55.3 Å². The van der Waals surface area contributed by atoms with Gasteiger partial charge in [0.15, 0.2) is 0 Å². The van der Waals surface area contributed by atoms with Crippen molar-refractivity contribution < 1.29 is 73.8 Å². The normalized spacial score (nSPS) is 9.50. The van der Waals surface area contributed by atoms with Gasteiger partial charge in [0.05, 0.1) is 7.32 Å². The smallest absolute Gasteiger partial charge is 0.871 e. The minimum Gasteiger partial charge on any atom is -0.871 e. The van der Waals surface area contributed by atoms with Crippen molar-refractivity contribution in [3.05, 3.63) is 0 Å². The fourth-order valence-corrected chi connectivity index (χ4v) is 1.77. The quantitative estimate of drug-likeness (QED) is 0.267. The zero-order valence-electron chi connectivity index (χ0n) is 12.6. The summed E-state index contributed by atoms with van der Waals surface area (Å²) in [7, 11) is -2.10. The van der Waals surface area contributed by atoms with Gasteiger partial charge in [0.25, 0.3) is 0 Å². The second-order valence-electron chi connectivity index (χ2n) is 4.34. The third kappa shape index (κ3) is 23.1. The number of hydrogen-bond acceptors (Lipinski definition) is 3. The molecule has 0 aliphatic carbocycles. The summed E-state index contributed by atoms with van der Waals surface area (Å²) in [6, 6.07) is 0. The van der Waals surface area contributed by atoms with Gasteiger partial charge >= 0.3 is 59.1 Å². The van der Waals surface area contributed by atoms with Crippen LogP contribution in [0.2, 0.25) is 0 Å². The molecule has 6 heteroatoms. The fraction of sp³-hybridized carbons (Fsp3) is 1.00. The van der Waals surface area contributed by atoms with Gasteiger partial charge in [-0.2, -0.15) is 0 Å². The molecule has 0 radical (unpaired) electrons. The monoisotopic (exact) mass is 274 g/mol. The summed E-state index contributed by atoms with van der Waals surface area (Å²) >= 11 is 0. The summed E-state index contributed by atoms with van der Waals surface area (Å²) in [5.41, 5.74) is 0. The second-order valence-corrected chi connectivity index (χ2v) is 4.34. The molecular weight excluding hydrogens is 249 g/mol. The van der Waals surface area contributed by atoms with Gasteiger partial charge in [-0.1, -0.05) is 64.7 Å². The predicted octanol–water partition coefficient (Wildman–Crippen LogP) is -4.36. The molecule has 0 rings (SSSR count). The summed E-state index contributed by atoms with van der Waals surface area (Å²) < 4.78 is 4.40.